The molecule has 24 heavy (non-hydrogen) atoms. The monoisotopic (exact) mass is 338 g/mol. The Bertz CT molecular complexity index is 845. The second kappa shape index (κ2) is 8.06. The van der Waals surface area contributed by atoms with E-state index in [1.807, 2.05) is 37.3 Å². The van der Waals surface area contributed by atoms with Crippen LogP contribution in [0.25, 0.3) is 6.08 Å². The first kappa shape index (κ1) is 17.4. The van der Waals surface area contributed by atoms with Crippen molar-refractivity contribution in [3.05, 3.63) is 63.7 Å². The predicted octanol–water partition coefficient (Wildman–Crippen LogP) is 4.67. The van der Waals surface area contributed by atoms with Gasteiger partial charge in [0.15, 0.2) is 0 Å². The average molecular weight is 339 g/mol. The van der Waals surface area contributed by atoms with E-state index < -0.39 is 0 Å². The fraction of sp³-hybridized carbons (Fsp3) is 0.158. The van der Waals surface area contributed by atoms with E-state index in [2.05, 4.69) is 0 Å². The third-order valence-corrected chi connectivity index (χ3v) is 3.61. The highest BCUT2D eigenvalue weighted by molar-refractivity contribution is 6.30. The summed E-state index contributed by atoms with van der Waals surface area (Å²) in [6.07, 6.45) is 1.52. The Kier molecular flexibility index (Phi) is 5.84. The molecular formula is C19H15ClN2O2. The molecule has 2 aromatic rings. The first-order chi connectivity index (χ1) is 11.6. The van der Waals surface area contributed by atoms with Crippen molar-refractivity contribution in [1.29, 1.82) is 10.5 Å². The maximum atomic E-state index is 8.86. The van der Waals surface area contributed by atoms with Gasteiger partial charge in [0.05, 0.1) is 7.11 Å². The van der Waals surface area contributed by atoms with E-state index in [-0.39, 0.29) is 5.57 Å². The fourth-order valence-corrected chi connectivity index (χ4v) is 2.41. The largest absolute Gasteiger partial charge is 0.496 e. The topological polar surface area (TPSA) is 66.0 Å². The highest BCUT2D eigenvalue weighted by atomic mass is 35.5. The van der Waals surface area contributed by atoms with Gasteiger partial charge in [0, 0.05) is 10.6 Å². The van der Waals surface area contributed by atoms with E-state index >= 15 is 0 Å². The molecule has 0 bridgehead atoms. The van der Waals surface area contributed by atoms with Crippen molar-refractivity contribution >= 4 is 17.7 Å². The number of benzene rings is 2. The molecule has 0 aliphatic carbocycles. The molecule has 0 heterocycles. The Morgan fingerprint density at radius 3 is 2.46 bits per heavy atom. The van der Waals surface area contributed by atoms with E-state index in [9.17, 15) is 0 Å². The van der Waals surface area contributed by atoms with Crippen molar-refractivity contribution < 1.29 is 9.47 Å². The second-order valence-electron chi connectivity index (χ2n) is 5.05. The molecule has 120 valence electrons. The molecule has 0 N–H and O–H groups in total. The number of methoxy groups -OCH3 is 1. The average Bonchev–Trinajstić information content (AvgIpc) is 2.59. The van der Waals surface area contributed by atoms with Gasteiger partial charge in [-0.1, -0.05) is 17.7 Å². The van der Waals surface area contributed by atoms with Crippen molar-refractivity contribution in [2.75, 3.05) is 7.11 Å². The molecule has 5 heteroatoms. The van der Waals surface area contributed by atoms with Gasteiger partial charge in [-0.25, -0.2) is 0 Å². The normalized spacial score (nSPS) is 9.54. The molecule has 0 saturated carbocycles. The van der Waals surface area contributed by atoms with Gasteiger partial charge in [-0.05, 0) is 54.5 Å². The second-order valence-corrected chi connectivity index (χ2v) is 5.49. The molecule has 0 atom stereocenters. The number of aryl methyl sites for hydroxylation is 1. The van der Waals surface area contributed by atoms with Crippen LogP contribution in [0.1, 0.15) is 16.7 Å². The number of nitrogens with zero attached hydrogens (tertiary/aromatic N) is 2. The summed E-state index contributed by atoms with van der Waals surface area (Å²) in [5.41, 5.74) is 2.53. The fourth-order valence-electron chi connectivity index (χ4n) is 2.19. The minimum absolute atomic E-state index is 0.0422. The number of rotatable bonds is 5. The minimum Gasteiger partial charge on any atom is -0.496 e. The van der Waals surface area contributed by atoms with Crippen molar-refractivity contribution in [3.63, 3.8) is 0 Å². The number of hydrogen-bond donors (Lipinski definition) is 0. The molecule has 0 unspecified atom stereocenters. The number of nitriles is 2. The zero-order valence-electron chi connectivity index (χ0n) is 13.3. The maximum Gasteiger partial charge on any atom is 0.130 e. The maximum absolute atomic E-state index is 8.86. The Morgan fingerprint density at radius 1 is 1.12 bits per heavy atom. The van der Waals surface area contributed by atoms with Crippen LogP contribution < -0.4 is 9.47 Å². The van der Waals surface area contributed by atoms with Gasteiger partial charge in [-0.3, -0.25) is 0 Å². The Balaban J connectivity index is 2.27. The highest BCUT2D eigenvalue weighted by Gasteiger charge is 2.07. The SMILES string of the molecule is COc1ccc(C=C(C#N)C#N)cc1COc1ccc(Cl)cc1C. The van der Waals surface area contributed by atoms with E-state index in [0.717, 1.165) is 22.4 Å². The van der Waals surface area contributed by atoms with Crippen LogP contribution in [-0.2, 0) is 6.61 Å². The number of ether oxygens (including phenoxy) is 2. The predicted molar refractivity (Wildman–Crippen MR) is 92.7 cm³/mol. The summed E-state index contributed by atoms with van der Waals surface area (Å²) >= 11 is 5.94. The summed E-state index contributed by atoms with van der Waals surface area (Å²) in [6.45, 7) is 2.21. The van der Waals surface area contributed by atoms with Gasteiger partial charge < -0.3 is 9.47 Å². The molecule has 0 spiro atoms. The van der Waals surface area contributed by atoms with Crippen LogP contribution in [0.15, 0.2) is 42.0 Å². The first-order valence-electron chi connectivity index (χ1n) is 7.15. The number of hydrogen-bond acceptors (Lipinski definition) is 4. The molecule has 0 aliphatic heterocycles. The molecule has 2 aromatic carbocycles. The summed E-state index contributed by atoms with van der Waals surface area (Å²) in [5, 5.41) is 18.4. The standard InChI is InChI=1S/C19H15ClN2O2/c1-13-7-17(20)4-6-18(13)24-12-16-9-14(3-5-19(16)23-2)8-15(10-21)11-22/h3-9H,12H2,1-2H3. The lowest BCUT2D eigenvalue weighted by Gasteiger charge is -2.13. The van der Waals surface area contributed by atoms with E-state index in [4.69, 9.17) is 31.6 Å². The molecule has 0 aliphatic rings. The van der Waals surface area contributed by atoms with Crippen molar-refractivity contribution in [1.82, 2.24) is 0 Å². The lowest BCUT2D eigenvalue weighted by atomic mass is 10.1. The van der Waals surface area contributed by atoms with Crippen LogP contribution in [0, 0.1) is 29.6 Å². The quantitative estimate of drug-likeness (QED) is 0.743. The molecule has 2 rings (SSSR count). The molecule has 0 aromatic heterocycles. The Hall–Kier alpha value is -2.95. The van der Waals surface area contributed by atoms with Crippen molar-refractivity contribution in [2.45, 2.75) is 13.5 Å². The lowest BCUT2D eigenvalue weighted by molar-refractivity contribution is 0.295. The van der Waals surface area contributed by atoms with Crippen LogP contribution in [-0.4, -0.2) is 7.11 Å². The van der Waals surface area contributed by atoms with Gasteiger partial charge in [0.1, 0.15) is 35.8 Å². The van der Waals surface area contributed by atoms with Crippen LogP contribution >= 0.6 is 11.6 Å². The molecule has 0 saturated heterocycles. The third kappa shape index (κ3) is 4.29. The van der Waals surface area contributed by atoms with Gasteiger partial charge in [-0.2, -0.15) is 10.5 Å². The van der Waals surface area contributed by atoms with E-state index in [1.54, 1.807) is 25.3 Å². The Labute approximate surface area is 146 Å². The summed E-state index contributed by atoms with van der Waals surface area (Å²) < 4.78 is 11.2. The van der Waals surface area contributed by atoms with Crippen LogP contribution in [0.3, 0.4) is 0 Å². The summed E-state index contributed by atoms with van der Waals surface area (Å²) in [4.78, 5) is 0. The van der Waals surface area contributed by atoms with Gasteiger partial charge in [-0.15, -0.1) is 0 Å². The van der Waals surface area contributed by atoms with Crippen LogP contribution in [0.5, 0.6) is 11.5 Å². The Morgan fingerprint density at radius 2 is 1.83 bits per heavy atom. The number of allylic oxidation sites excluding steroid dienone is 1. The third-order valence-electron chi connectivity index (χ3n) is 3.38. The zero-order chi connectivity index (χ0) is 17.5. The molecule has 0 fully saturated rings. The molecule has 0 radical (unpaired) electrons. The summed E-state index contributed by atoms with van der Waals surface area (Å²) in [7, 11) is 1.58. The summed E-state index contributed by atoms with van der Waals surface area (Å²) in [5.74, 6) is 1.41. The first-order valence-corrected chi connectivity index (χ1v) is 7.53. The highest BCUT2D eigenvalue weighted by Crippen LogP contribution is 2.26. The van der Waals surface area contributed by atoms with Crippen LogP contribution in [0.2, 0.25) is 5.02 Å². The number of halogens is 1. The summed E-state index contributed by atoms with van der Waals surface area (Å²) in [6, 6.07) is 14.5. The molecule has 4 nitrogen and oxygen atoms in total. The van der Waals surface area contributed by atoms with Gasteiger partial charge in [0.2, 0.25) is 0 Å². The van der Waals surface area contributed by atoms with Gasteiger partial charge >= 0.3 is 0 Å². The minimum atomic E-state index is 0.0422. The van der Waals surface area contributed by atoms with Crippen molar-refractivity contribution in [2.24, 2.45) is 0 Å². The smallest absolute Gasteiger partial charge is 0.130 e. The molecule has 0 amide bonds. The van der Waals surface area contributed by atoms with Crippen molar-refractivity contribution in [3.8, 4) is 23.6 Å². The lowest BCUT2D eigenvalue weighted by Crippen LogP contribution is -2.00. The van der Waals surface area contributed by atoms with E-state index in [1.165, 1.54) is 6.08 Å². The zero-order valence-corrected chi connectivity index (χ0v) is 14.1. The van der Waals surface area contributed by atoms with Gasteiger partial charge in [0.25, 0.3) is 0 Å². The molecular weight excluding hydrogens is 324 g/mol. The van der Waals surface area contributed by atoms with E-state index in [0.29, 0.717) is 17.4 Å². The van der Waals surface area contributed by atoms with Crippen LogP contribution in [0.4, 0.5) is 0 Å².